The predicted molar refractivity (Wildman–Crippen MR) is 132 cm³/mol. The molecule has 0 aromatic heterocycles. The molecule has 192 valence electrons. The van der Waals surface area contributed by atoms with E-state index in [1.165, 1.54) is 25.0 Å². The fraction of sp³-hybridized carbons (Fsp3) is 0.519. The highest BCUT2D eigenvalue weighted by Crippen LogP contribution is 2.48. The summed E-state index contributed by atoms with van der Waals surface area (Å²) < 4.78 is 27.6. The fourth-order valence-electron chi connectivity index (χ4n) is 6.71. The lowest BCUT2D eigenvalue weighted by Gasteiger charge is -2.55. The quantitative estimate of drug-likeness (QED) is 0.527. The number of likely N-dealkylation sites (tertiary alicyclic amines) is 1. The van der Waals surface area contributed by atoms with Crippen molar-refractivity contribution in [3.63, 3.8) is 0 Å². The summed E-state index contributed by atoms with van der Waals surface area (Å²) in [6.45, 7) is 1.72. The maximum atomic E-state index is 13.3. The van der Waals surface area contributed by atoms with Crippen LogP contribution in [0.25, 0.3) is 0 Å². The van der Waals surface area contributed by atoms with Crippen LogP contribution in [-0.4, -0.2) is 69.6 Å². The zero-order valence-electron chi connectivity index (χ0n) is 20.1. The van der Waals surface area contributed by atoms with Crippen LogP contribution < -0.4 is 0 Å². The molecule has 2 aromatic rings. The topological polar surface area (TPSA) is 118 Å². The van der Waals surface area contributed by atoms with Crippen LogP contribution in [0.3, 0.4) is 0 Å². The second kappa shape index (κ2) is 8.46. The van der Waals surface area contributed by atoms with E-state index in [0.717, 1.165) is 29.4 Å². The average molecular weight is 513 g/mol. The molecule has 2 aliphatic carbocycles. The standard InChI is InChI=1S/C27H32N2O6S/c30-22-8-7-18(13-23(22)31)14-25-27(33)11-9-20(15-19(27)10-12-28(25)16-17-5-6-17)29-26(32)21-3-1-2-4-24(21)36(29,34)35/h1-4,7-8,13,17,19-20,25,30-31,33H,5-6,9-12,14-16H2/t19?,20?,25-,27+/m1/s1. The molecule has 3 N–H and O–H groups in total. The summed E-state index contributed by atoms with van der Waals surface area (Å²) in [7, 11) is -3.90. The van der Waals surface area contributed by atoms with Crippen molar-refractivity contribution in [3.8, 4) is 11.5 Å². The first-order valence-corrected chi connectivity index (χ1v) is 14.3. The van der Waals surface area contributed by atoms with Crippen LogP contribution in [0.2, 0.25) is 0 Å². The van der Waals surface area contributed by atoms with Crippen LogP contribution in [0.15, 0.2) is 47.4 Å². The van der Waals surface area contributed by atoms with Crippen molar-refractivity contribution in [1.29, 1.82) is 0 Å². The van der Waals surface area contributed by atoms with Gasteiger partial charge in [0.1, 0.15) is 4.90 Å². The number of hydrogen-bond donors (Lipinski definition) is 3. The fourth-order valence-corrected chi connectivity index (χ4v) is 8.50. The van der Waals surface area contributed by atoms with Gasteiger partial charge in [0, 0.05) is 18.6 Å². The lowest BCUT2D eigenvalue weighted by Crippen LogP contribution is -2.65. The summed E-state index contributed by atoms with van der Waals surface area (Å²) in [6, 6.07) is 10.5. The monoisotopic (exact) mass is 512 g/mol. The first kappa shape index (κ1) is 23.8. The van der Waals surface area contributed by atoms with E-state index in [9.17, 15) is 28.5 Å². The van der Waals surface area contributed by atoms with Crippen LogP contribution in [0, 0.1) is 11.8 Å². The van der Waals surface area contributed by atoms with Gasteiger partial charge in [-0.25, -0.2) is 12.7 Å². The third-order valence-corrected chi connectivity index (χ3v) is 10.7. The molecule has 2 unspecified atom stereocenters. The molecule has 6 rings (SSSR count). The number of aromatic hydroxyl groups is 2. The van der Waals surface area contributed by atoms with Gasteiger partial charge < -0.3 is 15.3 Å². The van der Waals surface area contributed by atoms with E-state index >= 15 is 0 Å². The number of fused-ring (bicyclic) bond motifs is 2. The number of piperidine rings is 1. The van der Waals surface area contributed by atoms with Crippen LogP contribution in [0.5, 0.6) is 11.5 Å². The summed E-state index contributed by atoms with van der Waals surface area (Å²) in [5.41, 5.74) is 0.0268. The van der Waals surface area contributed by atoms with Gasteiger partial charge in [0.05, 0.1) is 11.2 Å². The summed E-state index contributed by atoms with van der Waals surface area (Å²) in [5, 5.41) is 31.9. The maximum Gasteiger partial charge on any atom is 0.269 e. The minimum Gasteiger partial charge on any atom is -0.504 e. The van der Waals surface area contributed by atoms with Gasteiger partial charge in [-0.05, 0) is 93.2 Å². The van der Waals surface area contributed by atoms with E-state index in [1.807, 2.05) is 0 Å². The Bertz CT molecular complexity index is 1310. The van der Waals surface area contributed by atoms with Crippen LogP contribution in [-0.2, 0) is 16.4 Å². The molecule has 2 aromatic carbocycles. The minimum atomic E-state index is -3.90. The van der Waals surface area contributed by atoms with Crippen molar-refractivity contribution in [2.45, 2.75) is 67.5 Å². The predicted octanol–water partition coefficient (Wildman–Crippen LogP) is 2.87. The number of nitrogens with zero attached hydrogens (tertiary/aromatic N) is 2. The number of carbonyl (C=O) groups excluding carboxylic acids is 1. The Balaban J connectivity index is 1.27. The van der Waals surface area contributed by atoms with Crippen LogP contribution in [0.1, 0.15) is 54.4 Å². The number of phenols is 2. The van der Waals surface area contributed by atoms with Gasteiger partial charge in [-0.1, -0.05) is 18.2 Å². The largest absolute Gasteiger partial charge is 0.504 e. The van der Waals surface area contributed by atoms with Gasteiger partial charge in [-0.2, -0.15) is 0 Å². The lowest BCUT2D eigenvalue weighted by atomic mass is 9.64. The first-order valence-electron chi connectivity index (χ1n) is 12.8. The van der Waals surface area contributed by atoms with Crippen LogP contribution in [0.4, 0.5) is 0 Å². The molecule has 36 heavy (non-hydrogen) atoms. The highest BCUT2D eigenvalue weighted by molar-refractivity contribution is 7.90. The molecule has 8 nitrogen and oxygen atoms in total. The number of rotatable bonds is 5. The van der Waals surface area contributed by atoms with E-state index in [-0.39, 0.29) is 33.9 Å². The smallest absolute Gasteiger partial charge is 0.269 e. The molecule has 1 amide bonds. The molecule has 2 saturated carbocycles. The van der Waals surface area contributed by atoms with Crippen molar-refractivity contribution < 1.29 is 28.5 Å². The number of sulfonamides is 1. The molecule has 0 radical (unpaired) electrons. The Morgan fingerprint density at radius 1 is 1.00 bits per heavy atom. The second-order valence-corrected chi connectivity index (χ2v) is 12.8. The molecular weight excluding hydrogens is 480 g/mol. The number of carbonyl (C=O) groups is 1. The Kier molecular flexibility index (Phi) is 5.59. The van der Waals surface area contributed by atoms with Gasteiger partial charge in [0.15, 0.2) is 11.5 Å². The molecular formula is C27H32N2O6S. The Morgan fingerprint density at radius 3 is 2.50 bits per heavy atom. The minimum absolute atomic E-state index is 0.0695. The van der Waals surface area contributed by atoms with Gasteiger partial charge in [-0.15, -0.1) is 0 Å². The average Bonchev–Trinajstić information content (AvgIpc) is 3.64. The highest BCUT2D eigenvalue weighted by atomic mass is 32.2. The number of aliphatic hydroxyl groups is 1. The summed E-state index contributed by atoms with van der Waals surface area (Å²) >= 11 is 0. The first-order chi connectivity index (χ1) is 17.2. The van der Waals surface area contributed by atoms with Gasteiger partial charge >= 0.3 is 0 Å². The summed E-state index contributed by atoms with van der Waals surface area (Å²) in [5.74, 6) is -0.325. The number of benzene rings is 2. The van der Waals surface area contributed by atoms with Gasteiger partial charge in [0.2, 0.25) is 0 Å². The molecule has 2 aliphatic heterocycles. The van der Waals surface area contributed by atoms with Crippen molar-refractivity contribution in [3.05, 3.63) is 53.6 Å². The van der Waals surface area contributed by atoms with Crippen molar-refractivity contribution in [1.82, 2.24) is 9.21 Å². The SMILES string of the molecule is O=C1c2ccccc2S(=O)(=O)N1C1CC[C@]2(O)C(CCN(CC3CC3)[C@@H]2Cc2ccc(O)c(O)c2)C1. The number of hydrogen-bond acceptors (Lipinski definition) is 7. The molecule has 2 heterocycles. The van der Waals surface area contributed by atoms with Crippen molar-refractivity contribution in [2.24, 2.45) is 11.8 Å². The van der Waals surface area contributed by atoms with E-state index in [0.29, 0.717) is 31.6 Å². The number of phenolic OH excluding ortho intramolecular Hbond substituents is 2. The highest BCUT2D eigenvalue weighted by Gasteiger charge is 2.55. The molecule has 3 fully saturated rings. The zero-order chi connectivity index (χ0) is 25.2. The molecule has 0 spiro atoms. The molecule has 4 atom stereocenters. The van der Waals surface area contributed by atoms with E-state index in [4.69, 9.17) is 0 Å². The molecule has 0 bridgehead atoms. The van der Waals surface area contributed by atoms with E-state index < -0.39 is 27.6 Å². The van der Waals surface area contributed by atoms with E-state index in [1.54, 1.807) is 30.3 Å². The Morgan fingerprint density at radius 2 is 1.78 bits per heavy atom. The van der Waals surface area contributed by atoms with Crippen molar-refractivity contribution >= 4 is 15.9 Å². The second-order valence-electron chi connectivity index (χ2n) is 11.0. The Hall–Kier alpha value is -2.62. The molecule has 4 aliphatic rings. The van der Waals surface area contributed by atoms with Gasteiger partial charge in [0.25, 0.3) is 15.9 Å². The van der Waals surface area contributed by atoms with Gasteiger partial charge in [-0.3, -0.25) is 9.69 Å². The molecule has 1 saturated heterocycles. The molecule has 9 heteroatoms. The Labute approximate surface area is 211 Å². The summed E-state index contributed by atoms with van der Waals surface area (Å²) in [6.07, 6.45) is 4.89. The van der Waals surface area contributed by atoms with Crippen LogP contribution >= 0.6 is 0 Å². The summed E-state index contributed by atoms with van der Waals surface area (Å²) in [4.78, 5) is 15.6. The maximum absolute atomic E-state index is 13.3. The zero-order valence-corrected chi connectivity index (χ0v) is 20.9. The lowest BCUT2D eigenvalue weighted by molar-refractivity contribution is -0.148. The normalized spacial score (nSPS) is 31.8. The van der Waals surface area contributed by atoms with E-state index in [2.05, 4.69) is 4.90 Å². The third-order valence-electron chi connectivity index (χ3n) is 8.77. The number of amides is 1. The third kappa shape index (κ3) is 3.79. The van der Waals surface area contributed by atoms with Crippen molar-refractivity contribution in [2.75, 3.05) is 13.1 Å².